The SMILES string of the molecule is CC/C=C/C(=C\c1ncn(Cc2ccc3c(c2)SC(N)N3)c1C)CN1CCOCC1.CC1CCCCC1. The summed E-state index contributed by atoms with van der Waals surface area (Å²) < 4.78 is 7.70. The summed E-state index contributed by atoms with van der Waals surface area (Å²) in [4.78, 5) is 8.37. The summed E-state index contributed by atoms with van der Waals surface area (Å²) in [5, 5.41) is 3.27. The van der Waals surface area contributed by atoms with E-state index in [1.165, 1.54) is 53.8 Å². The van der Waals surface area contributed by atoms with Crippen LogP contribution >= 0.6 is 11.8 Å². The van der Waals surface area contributed by atoms with Gasteiger partial charge < -0.3 is 20.4 Å². The number of benzene rings is 1. The molecule has 1 aliphatic carbocycles. The minimum atomic E-state index is -0.0527. The molecule has 5 rings (SSSR count). The average molecular weight is 524 g/mol. The van der Waals surface area contributed by atoms with Crippen LogP contribution in [0.15, 0.2) is 47.1 Å². The lowest BCUT2D eigenvalue weighted by molar-refractivity contribution is 0.0427. The van der Waals surface area contributed by atoms with Crippen LogP contribution in [0.1, 0.15) is 69.3 Å². The highest BCUT2D eigenvalue weighted by Gasteiger charge is 2.18. The molecule has 0 amide bonds. The lowest BCUT2D eigenvalue weighted by Gasteiger charge is -2.26. The first kappa shape index (κ1) is 28.0. The first-order chi connectivity index (χ1) is 18.0. The molecule has 1 aromatic heterocycles. The van der Waals surface area contributed by atoms with Crippen LogP contribution in [0.4, 0.5) is 5.69 Å². The number of thioether (sulfide) groups is 1. The van der Waals surface area contributed by atoms with Crippen LogP contribution in [0.5, 0.6) is 0 Å². The van der Waals surface area contributed by atoms with Gasteiger partial charge in [-0.1, -0.05) is 75.9 Å². The number of rotatable bonds is 7. The molecule has 6 nitrogen and oxygen atoms in total. The zero-order valence-corrected chi connectivity index (χ0v) is 23.7. The second-order valence-corrected chi connectivity index (χ2v) is 11.7. The van der Waals surface area contributed by atoms with Crippen LogP contribution in [-0.2, 0) is 11.3 Å². The number of anilines is 1. The van der Waals surface area contributed by atoms with Gasteiger partial charge in [0, 0.05) is 42.5 Å². The van der Waals surface area contributed by atoms with Gasteiger partial charge in [0.25, 0.3) is 0 Å². The number of hydrogen-bond donors (Lipinski definition) is 2. The maximum absolute atomic E-state index is 5.98. The van der Waals surface area contributed by atoms with E-state index in [9.17, 15) is 0 Å². The van der Waals surface area contributed by atoms with Crippen molar-refractivity contribution in [1.82, 2.24) is 14.5 Å². The summed E-state index contributed by atoms with van der Waals surface area (Å²) in [5.41, 5.74) is 11.8. The van der Waals surface area contributed by atoms with Crippen molar-refractivity contribution in [3.8, 4) is 0 Å². The third-order valence-corrected chi connectivity index (χ3v) is 8.35. The molecule has 1 saturated carbocycles. The van der Waals surface area contributed by atoms with Gasteiger partial charge in [0.15, 0.2) is 0 Å². The maximum Gasteiger partial charge on any atom is 0.127 e. The Balaban J connectivity index is 0.000000396. The number of ether oxygens (including phenoxy) is 1. The summed E-state index contributed by atoms with van der Waals surface area (Å²) >= 11 is 1.67. The normalized spacial score (nSPS) is 21.0. The second kappa shape index (κ2) is 14.2. The monoisotopic (exact) mass is 523 g/mol. The van der Waals surface area contributed by atoms with Gasteiger partial charge >= 0.3 is 0 Å². The third-order valence-electron chi connectivity index (χ3n) is 7.38. The number of imidazole rings is 1. The summed E-state index contributed by atoms with van der Waals surface area (Å²) in [6, 6.07) is 6.50. The fourth-order valence-electron chi connectivity index (χ4n) is 5.07. The molecule has 7 heteroatoms. The van der Waals surface area contributed by atoms with Gasteiger partial charge in [0.1, 0.15) is 5.50 Å². The van der Waals surface area contributed by atoms with Gasteiger partial charge in [0.05, 0.1) is 25.2 Å². The molecule has 0 radical (unpaired) electrons. The van der Waals surface area contributed by atoms with E-state index in [0.717, 1.165) is 63.1 Å². The second-order valence-electron chi connectivity index (χ2n) is 10.5. The Bertz CT molecular complexity index is 1050. The van der Waals surface area contributed by atoms with E-state index in [0.29, 0.717) is 0 Å². The molecule has 0 spiro atoms. The highest BCUT2D eigenvalue weighted by Crippen LogP contribution is 2.37. The van der Waals surface area contributed by atoms with Crippen molar-refractivity contribution in [2.45, 2.75) is 76.2 Å². The fraction of sp³-hybridized carbons (Fsp3) is 0.567. The number of nitrogens with one attached hydrogen (secondary N) is 1. The lowest BCUT2D eigenvalue weighted by Crippen LogP contribution is -2.37. The summed E-state index contributed by atoms with van der Waals surface area (Å²) in [6.07, 6.45) is 17.1. The van der Waals surface area contributed by atoms with Gasteiger partial charge in [-0.2, -0.15) is 0 Å². The van der Waals surface area contributed by atoms with Crippen LogP contribution in [0.3, 0.4) is 0 Å². The van der Waals surface area contributed by atoms with E-state index in [4.69, 9.17) is 15.5 Å². The van der Waals surface area contributed by atoms with Crippen molar-refractivity contribution in [2.24, 2.45) is 11.7 Å². The van der Waals surface area contributed by atoms with Crippen molar-refractivity contribution in [3.05, 3.63) is 59.2 Å². The minimum Gasteiger partial charge on any atom is -0.379 e. The maximum atomic E-state index is 5.98. The highest BCUT2D eigenvalue weighted by molar-refractivity contribution is 8.00. The first-order valence-corrected chi connectivity index (χ1v) is 14.9. The minimum absolute atomic E-state index is 0.0527. The predicted octanol–water partition coefficient (Wildman–Crippen LogP) is 6.27. The molecule has 1 aromatic carbocycles. The average Bonchev–Trinajstić information content (AvgIpc) is 3.45. The zero-order valence-electron chi connectivity index (χ0n) is 22.9. The van der Waals surface area contributed by atoms with E-state index in [1.54, 1.807) is 11.8 Å². The number of nitrogens with two attached hydrogens (primary N) is 1. The van der Waals surface area contributed by atoms with Crippen LogP contribution < -0.4 is 11.1 Å². The number of morpholine rings is 1. The van der Waals surface area contributed by atoms with Crippen molar-refractivity contribution >= 4 is 23.5 Å². The van der Waals surface area contributed by atoms with Crippen LogP contribution in [0.25, 0.3) is 6.08 Å². The summed E-state index contributed by atoms with van der Waals surface area (Å²) in [5.74, 6) is 1.04. The van der Waals surface area contributed by atoms with Crippen molar-refractivity contribution in [3.63, 3.8) is 0 Å². The molecule has 2 fully saturated rings. The zero-order chi connectivity index (χ0) is 26.0. The highest BCUT2D eigenvalue weighted by atomic mass is 32.2. The Morgan fingerprint density at radius 1 is 1.22 bits per heavy atom. The third kappa shape index (κ3) is 8.47. The van der Waals surface area contributed by atoms with Gasteiger partial charge in [0.2, 0.25) is 0 Å². The van der Waals surface area contributed by atoms with E-state index >= 15 is 0 Å². The number of hydrogen-bond acceptors (Lipinski definition) is 6. The van der Waals surface area contributed by atoms with Crippen LogP contribution in [0.2, 0.25) is 0 Å². The lowest BCUT2D eigenvalue weighted by atomic mass is 9.91. The molecular weight excluding hydrogens is 478 g/mol. The number of fused-ring (bicyclic) bond motifs is 1. The molecule has 37 heavy (non-hydrogen) atoms. The molecule has 3 heterocycles. The van der Waals surface area contributed by atoms with E-state index in [1.807, 2.05) is 6.33 Å². The smallest absolute Gasteiger partial charge is 0.127 e. The molecule has 1 saturated heterocycles. The molecule has 0 bridgehead atoms. The molecule has 3 N–H and O–H groups in total. The fourth-order valence-corrected chi connectivity index (χ4v) is 6.01. The van der Waals surface area contributed by atoms with E-state index in [-0.39, 0.29) is 5.50 Å². The van der Waals surface area contributed by atoms with Gasteiger partial charge in [-0.05, 0) is 48.6 Å². The van der Waals surface area contributed by atoms with E-state index < -0.39 is 0 Å². The van der Waals surface area contributed by atoms with Crippen molar-refractivity contribution in [1.29, 1.82) is 0 Å². The first-order valence-electron chi connectivity index (χ1n) is 14.0. The molecule has 3 aliphatic rings. The Kier molecular flexibility index (Phi) is 10.7. The largest absolute Gasteiger partial charge is 0.379 e. The molecular formula is C30H45N5OS. The molecule has 202 valence electrons. The van der Waals surface area contributed by atoms with Crippen LogP contribution in [0, 0.1) is 12.8 Å². The number of aromatic nitrogens is 2. The van der Waals surface area contributed by atoms with Gasteiger partial charge in [-0.25, -0.2) is 4.98 Å². The molecule has 2 aromatic rings. The quantitative estimate of drug-likeness (QED) is 0.417. The molecule has 1 unspecified atom stereocenters. The van der Waals surface area contributed by atoms with Crippen molar-refractivity contribution in [2.75, 3.05) is 38.2 Å². The predicted molar refractivity (Wildman–Crippen MR) is 157 cm³/mol. The Morgan fingerprint density at radius 3 is 2.70 bits per heavy atom. The van der Waals surface area contributed by atoms with E-state index in [2.05, 4.69) is 72.0 Å². The van der Waals surface area contributed by atoms with Crippen molar-refractivity contribution < 1.29 is 4.74 Å². The topological polar surface area (TPSA) is 68.3 Å². The Labute approximate surface area is 227 Å². The number of nitrogens with zero attached hydrogens (tertiary/aromatic N) is 3. The van der Waals surface area contributed by atoms with Crippen LogP contribution in [-0.4, -0.2) is 52.8 Å². The number of allylic oxidation sites excluding steroid dienone is 1. The standard InChI is InChI=1S/C23H31N5OS.C7H14/c1-3-4-5-18(14-27-8-10-29-11-9-27)12-21-17(2)28(16-25-21)15-19-6-7-20-22(13-19)30-23(24)26-20;1-7-5-3-2-4-6-7/h4-7,12-13,16,23,26H,3,8-11,14-15,24H2,1-2H3;7H,2-6H2,1H3/b5-4+,18-12+;. The Morgan fingerprint density at radius 2 is 2.00 bits per heavy atom. The van der Waals surface area contributed by atoms with Gasteiger partial charge in [-0.15, -0.1) is 0 Å². The Hall–Kier alpha value is -2.06. The molecule has 2 aliphatic heterocycles. The van der Waals surface area contributed by atoms with Gasteiger partial charge in [-0.3, -0.25) is 4.90 Å². The summed E-state index contributed by atoms with van der Waals surface area (Å²) in [7, 11) is 0. The summed E-state index contributed by atoms with van der Waals surface area (Å²) in [6.45, 7) is 12.0. The molecule has 1 atom stereocenters.